The van der Waals surface area contributed by atoms with E-state index in [2.05, 4.69) is 10.6 Å². The fourth-order valence-corrected chi connectivity index (χ4v) is 1.63. The van der Waals surface area contributed by atoms with Crippen LogP contribution >= 0.6 is 0 Å². The molecule has 0 aliphatic carbocycles. The van der Waals surface area contributed by atoms with E-state index in [1.54, 1.807) is 0 Å². The summed E-state index contributed by atoms with van der Waals surface area (Å²) >= 11 is 0. The molecule has 4 N–H and O–H groups in total. The van der Waals surface area contributed by atoms with Gasteiger partial charge in [-0.25, -0.2) is 0 Å². The van der Waals surface area contributed by atoms with Gasteiger partial charge in [0.05, 0.1) is 5.92 Å². The zero-order valence-corrected chi connectivity index (χ0v) is 10.5. The van der Waals surface area contributed by atoms with Crippen molar-refractivity contribution in [2.45, 2.75) is 12.8 Å². The Bertz CT molecular complexity index is 392. The van der Waals surface area contributed by atoms with E-state index in [-0.39, 0.29) is 24.3 Å². The van der Waals surface area contributed by atoms with Crippen LogP contribution in [0.3, 0.4) is 0 Å². The minimum atomic E-state index is -0.344. The van der Waals surface area contributed by atoms with Gasteiger partial charge >= 0.3 is 0 Å². The fraction of sp³-hybridized carbons (Fsp3) is 0.385. The van der Waals surface area contributed by atoms with Gasteiger partial charge in [0.1, 0.15) is 0 Å². The maximum Gasteiger partial charge on any atom is 0.228 e. The molecule has 1 aromatic rings. The molecule has 1 unspecified atom stereocenters. The van der Waals surface area contributed by atoms with Crippen LogP contribution in [0.2, 0.25) is 0 Å². The number of hydrogen-bond donors (Lipinski definition) is 3. The third-order valence-corrected chi connectivity index (χ3v) is 2.55. The molecule has 18 heavy (non-hydrogen) atoms. The average molecular weight is 249 g/mol. The van der Waals surface area contributed by atoms with Crippen LogP contribution in [0.1, 0.15) is 18.4 Å². The smallest absolute Gasteiger partial charge is 0.228 e. The number of rotatable bonds is 6. The zero-order chi connectivity index (χ0) is 13.4. The van der Waals surface area contributed by atoms with E-state index in [0.717, 1.165) is 5.56 Å². The van der Waals surface area contributed by atoms with E-state index in [1.807, 2.05) is 30.3 Å². The van der Waals surface area contributed by atoms with E-state index in [1.165, 1.54) is 6.92 Å². The summed E-state index contributed by atoms with van der Waals surface area (Å²) in [7, 11) is 0. The van der Waals surface area contributed by atoms with Crippen LogP contribution in [0.25, 0.3) is 0 Å². The van der Waals surface area contributed by atoms with Crippen LogP contribution in [0.4, 0.5) is 0 Å². The van der Waals surface area contributed by atoms with Crippen molar-refractivity contribution in [2.24, 2.45) is 5.73 Å². The van der Waals surface area contributed by atoms with Crippen molar-refractivity contribution in [2.75, 3.05) is 19.6 Å². The van der Waals surface area contributed by atoms with Crippen LogP contribution in [0.15, 0.2) is 30.3 Å². The summed E-state index contributed by atoms with van der Waals surface area (Å²) in [5, 5.41) is 5.37. The molecule has 5 heteroatoms. The molecule has 0 aliphatic rings. The second-order valence-corrected chi connectivity index (χ2v) is 3.97. The third kappa shape index (κ3) is 4.55. The molecule has 0 saturated carbocycles. The lowest BCUT2D eigenvalue weighted by atomic mass is 9.98. The van der Waals surface area contributed by atoms with Crippen LogP contribution in [0.5, 0.6) is 0 Å². The van der Waals surface area contributed by atoms with E-state index >= 15 is 0 Å². The number of nitrogens with two attached hydrogens (primary N) is 1. The van der Waals surface area contributed by atoms with Gasteiger partial charge in [0.2, 0.25) is 11.8 Å². The molecule has 0 fully saturated rings. The minimum Gasteiger partial charge on any atom is -0.355 e. The topological polar surface area (TPSA) is 84.2 Å². The highest BCUT2D eigenvalue weighted by molar-refractivity contribution is 5.84. The highest BCUT2D eigenvalue weighted by Crippen LogP contribution is 2.13. The molecule has 0 aromatic heterocycles. The lowest BCUT2D eigenvalue weighted by Crippen LogP contribution is -2.38. The number of amides is 2. The maximum absolute atomic E-state index is 11.9. The summed E-state index contributed by atoms with van der Waals surface area (Å²) in [6, 6.07) is 9.41. The van der Waals surface area contributed by atoms with Gasteiger partial charge in [-0.15, -0.1) is 0 Å². The number of carbonyl (C=O) groups excluding carboxylic acids is 2. The van der Waals surface area contributed by atoms with Gasteiger partial charge in [-0.3, -0.25) is 9.59 Å². The molecular formula is C13H19N3O2. The van der Waals surface area contributed by atoms with Crippen molar-refractivity contribution in [3.8, 4) is 0 Å². The highest BCUT2D eigenvalue weighted by Gasteiger charge is 2.17. The van der Waals surface area contributed by atoms with E-state index < -0.39 is 0 Å². The second-order valence-electron chi connectivity index (χ2n) is 3.97. The summed E-state index contributed by atoms with van der Waals surface area (Å²) in [6.07, 6.45) is 0. The molecule has 98 valence electrons. The third-order valence-electron chi connectivity index (χ3n) is 2.55. The summed E-state index contributed by atoms with van der Waals surface area (Å²) in [6.45, 7) is 2.53. The standard InChI is InChI=1S/C13H19N3O2/c1-10(17)15-7-8-16-13(18)12(9-14)11-5-3-2-4-6-11/h2-6,12H,7-9,14H2,1H3,(H,15,17)(H,16,18). The molecule has 0 saturated heterocycles. The maximum atomic E-state index is 11.9. The van der Waals surface area contributed by atoms with Gasteiger partial charge in [0.25, 0.3) is 0 Å². The van der Waals surface area contributed by atoms with Gasteiger partial charge < -0.3 is 16.4 Å². The van der Waals surface area contributed by atoms with Crippen LogP contribution in [0, 0.1) is 0 Å². The van der Waals surface area contributed by atoms with Gasteiger partial charge in [0.15, 0.2) is 0 Å². The Balaban J connectivity index is 2.46. The molecule has 1 atom stereocenters. The van der Waals surface area contributed by atoms with Crippen LogP contribution in [-0.2, 0) is 9.59 Å². The van der Waals surface area contributed by atoms with Gasteiger partial charge in [-0.2, -0.15) is 0 Å². The van der Waals surface area contributed by atoms with E-state index in [4.69, 9.17) is 5.73 Å². The first-order valence-corrected chi connectivity index (χ1v) is 5.92. The largest absolute Gasteiger partial charge is 0.355 e. The first-order chi connectivity index (χ1) is 8.65. The molecule has 0 heterocycles. The molecule has 0 spiro atoms. The van der Waals surface area contributed by atoms with Crippen LogP contribution < -0.4 is 16.4 Å². The molecule has 0 radical (unpaired) electrons. The average Bonchev–Trinajstić information content (AvgIpc) is 2.36. The van der Waals surface area contributed by atoms with Crippen LogP contribution in [-0.4, -0.2) is 31.4 Å². The summed E-state index contributed by atoms with van der Waals surface area (Å²) in [4.78, 5) is 22.6. The molecule has 0 bridgehead atoms. The number of carbonyl (C=O) groups is 2. The predicted octanol–water partition coefficient (Wildman–Crippen LogP) is -0.0188. The Kier molecular flexibility index (Phi) is 5.87. The predicted molar refractivity (Wildman–Crippen MR) is 69.9 cm³/mol. The molecule has 5 nitrogen and oxygen atoms in total. The Hall–Kier alpha value is -1.88. The van der Waals surface area contributed by atoms with Crippen molar-refractivity contribution >= 4 is 11.8 Å². The lowest BCUT2D eigenvalue weighted by molar-refractivity contribution is -0.123. The summed E-state index contributed by atoms with van der Waals surface area (Å²) in [5.74, 6) is -0.569. The SMILES string of the molecule is CC(=O)NCCNC(=O)C(CN)c1ccccc1. The fourth-order valence-electron chi connectivity index (χ4n) is 1.63. The molecule has 0 aliphatic heterocycles. The molecular weight excluding hydrogens is 230 g/mol. The van der Waals surface area contributed by atoms with Crippen molar-refractivity contribution in [1.82, 2.24) is 10.6 Å². The Morgan fingerprint density at radius 2 is 1.78 bits per heavy atom. The van der Waals surface area contributed by atoms with E-state index in [9.17, 15) is 9.59 Å². The monoisotopic (exact) mass is 249 g/mol. The lowest BCUT2D eigenvalue weighted by Gasteiger charge is -2.15. The first-order valence-electron chi connectivity index (χ1n) is 5.92. The van der Waals surface area contributed by atoms with Gasteiger partial charge in [-0.05, 0) is 5.56 Å². The van der Waals surface area contributed by atoms with Gasteiger partial charge in [-0.1, -0.05) is 30.3 Å². The number of nitrogens with one attached hydrogen (secondary N) is 2. The van der Waals surface area contributed by atoms with Crippen molar-refractivity contribution in [1.29, 1.82) is 0 Å². The quantitative estimate of drug-likeness (QED) is 0.620. The van der Waals surface area contributed by atoms with E-state index in [0.29, 0.717) is 13.1 Å². The summed E-state index contributed by atoms with van der Waals surface area (Å²) < 4.78 is 0. The van der Waals surface area contributed by atoms with Crippen molar-refractivity contribution in [3.63, 3.8) is 0 Å². The Morgan fingerprint density at radius 3 is 2.33 bits per heavy atom. The highest BCUT2D eigenvalue weighted by atomic mass is 16.2. The zero-order valence-electron chi connectivity index (χ0n) is 10.5. The summed E-state index contributed by atoms with van der Waals surface area (Å²) in [5.41, 5.74) is 6.53. The van der Waals surface area contributed by atoms with Crippen molar-refractivity contribution < 1.29 is 9.59 Å². The normalized spacial score (nSPS) is 11.7. The first kappa shape index (κ1) is 14.2. The van der Waals surface area contributed by atoms with Gasteiger partial charge in [0, 0.05) is 26.6 Å². The minimum absolute atomic E-state index is 0.109. The number of benzene rings is 1. The Labute approximate surface area is 107 Å². The molecule has 1 rings (SSSR count). The molecule has 2 amide bonds. The Morgan fingerprint density at radius 1 is 1.17 bits per heavy atom. The van der Waals surface area contributed by atoms with Crippen molar-refractivity contribution in [3.05, 3.63) is 35.9 Å². The number of hydrogen-bond acceptors (Lipinski definition) is 3. The second kappa shape index (κ2) is 7.45. The molecule has 1 aromatic carbocycles.